The van der Waals surface area contributed by atoms with Gasteiger partial charge in [0.15, 0.2) is 23.1 Å². The number of nitrogens with zero attached hydrogens (tertiary/aromatic N) is 2. The van der Waals surface area contributed by atoms with Crippen molar-refractivity contribution in [3.8, 4) is 28.7 Å². The summed E-state index contributed by atoms with van der Waals surface area (Å²) in [5, 5.41) is 6.54. The minimum absolute atomic E-state index is 0.00936. The van der Waals surface area contributed by atoms with Crippen LogP contribution in [0.5, 0.6) is 28.7 Å². The van der Waals surface area contributed by atoms with E-state index in [1.807, 2.05) is 24.3 Å². The summed E-state index contributed by atoms with van der Waals surface area (Å²) in [5.41, 5.74) is 2.18. The van der Waals surface area contributed by atoms with Crippen LogP contribution >= 0.6 is 0 Å². The SMILES string of the molecule is COc1cccc(CNC(=O)c2cccnc2Nc2ccc(Oc3ccnc4cc(OC)c(OC)cc34)c(F)c2)c1. The predicted octanol–water partition coefficient (Wildman–Crippen LogP) is 6.26. The van der Waals surface area contributed by atoms with Crippen molar-refractivity contribution in [1.82, 2.24) is 15.3 Å². The van der Waals surface area contributed by atoms with Gasteiger partial charge in [-0.3, -0.25) is 9.78 Å². The van der Waals surface area contributed by atoms with Crippen molar-refractivity contribution < 1.29 is 28.1 Å². The van der Waals surface area contributed by atoms with E-state index < -0.39 is 5.82 Å². The smallest absolute Gasteiger partial charge is 0.255 e. The van der Waals surface area contributed by atoms with Crippen LogP contribution in [0.2, 0.25) is 0 Å². The number of rotatable bonds is 10. The van der Waals surface area contributed by atoms with Gasteiger partial charge < -0.3 is 29.6 Å². The average molecular weight is 555 g/mol. The molecule has 0 unspecified atom stereocenters. The molecule has 0 atom stereocenters. The van der Waals surface area contributed by atoms with E-state index in [0.717, 1.165) is 5.56 Å². The molecule has 0 saturated carbocycles. The summed E-state index contributed by atoms with van der Waals surface area (Å²) in [6, 6.07) is 20.2. The van der Waals surface area contributed by atoms with Crippen LogP contribution in [0.15, 0.2) is 85.2 Å². The number of hydrogen-bond donors (Lipinski definition) is 2. The third-order valence-corrected chi connectivity index (χ3v) is 6.26. The number of pyridine rings is 2. The van der Waals surface area contributed by atoms with Gasteiger partial charge in [0.2, 0.25) is 0 Å². The molecule has 2 aromatic heterocycles. The molecule has 0 aliphatic rings. The standard InChI is InChI=1S/C31H27FN4O5/c1-38-21-7-4-6-19(14-21)18-35-31(37)22-8-5-12-34-30(22)36-20-9-10-27(24(32)15-20)41-26-11-13-33-25-17-29(40-3)28(39-2)16-23(25)26/h4-17H,18H2,1-3H3,(H,34,36)(H,35,37). The lowest BCUT2D eigenvalue weighted by Gasteiger charge is -2.14. The molecule has 5 rings (SSSR count). The Balaban J connectivity index is 1.32. The van der Waals surface area contributed by atoms with Gasteiger partial charge in [0.1, 0.15) is 17.3 Å². The molecule has 1 amide bonds. The summed E-state index contributed by atoms with van der Waals surface area (Å²) >= 11 is 0. The van der Waals surface area contributed by atoms with Gasteiger partial charge in [0.25, 0.3) is 5.91 Å². The highest BCUT2D eigenvalue weighted by Gasteiger charge is 2.16. The number of carbonyl (C=O) groups is 1. The molecule has 9 nitrogen and oxygen atoms in total. The summed E-state index contributed by atoms with van der Waals surface area (Å²) in [5.74, 6) is 1.47. The molecule has 5 aromatic rings. The van der Waals surface area contributed by atoms with Crippen LogP contribution in [0.25, 0.3) is 10.9 Å². The van der Waals surface area contributed by atoms with Gasteiger partial charge >= 0.3 is 0 Å². The first kappa shape index (κ1) is 27.2. The Morgan fingerprint density at radius 1 is 0.805 bits per heavy atom. The molecular weight excluding hydrogens is 527 g/mol. The maximum absolute atomic E-state index is 15.2. The Kier molecular flexibility index (Phi) is 8.10. The van der Waals surface area contributed by atoms with Crippen molar-refractivity contribution in [1.29, 1.82) is 0 Å². The highest BCUT2D eigenvalue weighted by atomic mass is 19.1. The Hall–Kier alpha value is -5.38. The van der Waals surface area contributed by atoms with Crippen LogP contribution in [0.1, 0.15) is 15.9 Å². The Morgan fingerprint density at radius 2 is 1.63 bits per heavy atom. The molecule has 10 heteroatoms. The van der Waals surface area contributed by atoms with Gasteiger partial charge in [-0.15, -0.1) is 0 Å². The van der Waals surface area contributed by atoms with Gasteiger partial charge in [0.05, 0.1) is 32.4 Å². The van der Waals surface area contributed by atoms with Crippen molar-refractivity contribution in [2.24, 2.45) is 0 Å². The van der Waals surface area contributed by atoms with Crippen molar-refractivity contribution in [3.05, 3.63) is 102 Å². The number of fused-ring (bicyclic) bond motifs is 1. The lowest BCUT2D eigenvalue weighted by Crippen LogP contribution is -2.24. The van der Waals surface area contributed by atoms with Crippen molar-refractivity contribution >= 4 is 28.3 Å². The zero-order valence-corrected chi connectivity index (χ0v) is 22.6. The number of amides is 1. The second kappa shape index (κ2) is 12.2. The van der Waals surface area contributed by atoms with Gasteiger partial charge in [0, 0.05) is 42.1 Å². The second-order valence-corrected chi connectivity index (χ2v) is 8.84. The van der Waals surface area contributed by atoms with E-state index >= 15 is 4.39 Å². The van der Waals surface area contributed by atoms with Crippen molar-refractivity contribution in [2.45, 2.75) is 6.54 Å². The highest BCUT2D eigenvalue weighted by Crippen LogP contribution is 2.37. The van der Waals surface area contributed by atoms with Crippen LogP contribution in [0.4, 0.5) is 15.9 Å². The summed E-state index contributed by atoms with van der Waals surface area (Å²) < 4.78 is 37.1. The van der Waals surface area contributed by atoms with E-state index in [0.29, 0.717) is 51.7 Å². The summed E-state index contributed by atoms with van der Waals surface area (Å²) in [6.07, 6.45) is 3.12. The van der Waals surface area contributed by atoms with Crippen LogP contribution in [0.3, 0.4) is 0 Å². The quantitative estimate of drug-likeness (QED) is 0.209. The number of nitrogens with one attached hydrogen (secondary N) is 2. The molecule has 0 bridgehead atoms. The molecule has 208 valence electrons. The average Bonchev–Trinajstić information content (AvgIpc) is 3.01. The molecule has 0 spiro atoms. The molecule has 3 aromatic carbocycles. The molecule has 41 heavy (non-hydrogen) atoms. The minimum Gasteiger partial charge on any atom is -0.497 e. The molecule has 2 N–H and O–H groups in total. The number of aromatic nitrogens is 2. The fourth-order valence-electron chi connectivity index (χ4n) is 4.20. The fourth-order valence-corrected chi connectivity index (χ4v) is 4.20. The summed E-state index contributed by atoms with van der Waals surface area (Å²) in [7, 11) is 4.66. The topological polar surface area (TPSA) is 104 Å². The van der Waals surface area contributed by atoms with Crippen LogP contribution in [-0.2, 0) is 6.54 Å². The van der Waals surface area contributed by atoms with Gasteiger partial charge in [-0.1, -0.05) is 12.1 Å². The molecule has 0 radical (unpaired) electrons. The molecule has 2 heterocycles. The monoisotopic (exact) mass is 554 g/mol. The number of carbonyl (C=O) groups excluding carboxylic acids is 1. The first-order valence-electron chi connectivity index (χ1n) is 12.6. The van der Waals surface area contributed by atoms with Crippen molar-refractivity contribution in [3.63, 3.8) is 0 Å². The summed E-state index contributed by atoms with van der Waals surface area (Å²) in [4.78, 5) is 21.6. The molecular formula is C31H27FN4O5. The fraction of sp³-hybridized carbons (Fsp3) is 0.129. The van der Waals surface area contributed by atoms with E-state index in [-0.39, 0.29) is 17.5 Å². The van der Waals surface area contributed by atoms with Crippen molar-refractivity contribution in [2.75, 3.05) is 26.6 Å². The van der Waals surface area contributed by atoms with E-state index in [9.17, 15) is 4.79 Å². The van der Waals surface area contributed by atoms with E-state index in [1.54, 1.807) is 55.9 Å². The maximum Gasteiger partial charge on any atom is 0.255 e. The first-order valence-corrected chi connectivity index (χ1v) is 12.6. The first-order chi connectivity index (χ1) is 20.0. The highest BCUT2D eigenvalue weighted by molar-refractivity contribution is 5.99. The third kappa shape index (κ3) is 6.11. The number of anilines is 2. The third-order valence-electron chi connectivity index (χ3n) is 6.26. The lowest BCUT2D eigenvalue weighted by atomic mass is 10.1. The minimum atomic E-state index is -0.611. The Labute approximate surface area is 235 Å². The number of hydrogen-bond acceptors (Lipinski definition) is 8. The Morgan fingerprint density at radius 3 is 2.41 bits per heavy atom. The molecule has 0 saturated heterocycles. The number of methoxy groups -OCH3 is 3. The van der Waals surface area contributed by atoms with E-state index in [1.165, 1.54) is 26.4 Å². The van der Waals surface area contributed by atoms with Crippen LogP contribution in [-0.4, -0.2) is 37.2 Å². The van der Waals surface area contributed by atoms with Gasteiger partial charge in [-0.25, -0.2) is 9.37 Å². The second-order valence-electron chi connectivity index (χ2n) is 8.84. The summed E-state index contributed by atoms with van der Waals surface area (Å²) in [6.45, 7) is 0.299. The van der Waals surface area contributed by atoms with Gasteiger partial charge in [-0.05, 0) is 54.1 Å². The molecule has 0 fully saturated rings. The van der Waals surface area contributed by atoms with E-state index in [4.69, 9.17) is 18.9 Å². The zero-order valence-electron chi connectivity index (χ0n) is 22.6. The lowest BCUT2D eigenvalue weighted by molar-refractivity contribution is 0.0951. The molecule has 0 aliphatic carbocycles. The maximum atomic E-state index is 15.2. The van der Waals surface area contributed by atoms with Crippen LogP contribution in [0, 0.1) is 5.82 Å². The normalized spacial score (nSPS) is 10.6. The number of halogens is 1. The Bertz CT molecular complexity index is 1710. The number of benzene rings is 3. The predicted molar refractivity (Wildman–Crippen MR) is 153 cm³/mol. The van der Waals surface area contributed by atoms with Crippen LogP contribution < -0.4 is 29.6 Å². The van der Waals surface area contributed by atoms with E-state index in [2.05, 4.69) is 20.6 Å². The van der Waals surface area contributed by atoms with Gasteiger partial charge in [-0.2, -0.15) is 0 Å². The zero-order chi connectivity index (χ0) is 28.8. The largest absolute Gasteiger partial charge is 0.497 e. The number of ether oxygens (including phenoxy) is 4. The molecule has 0 aliphatic heterocycles.